The zero-order valence-corrected chi connectivity index (χ0v) is 11.8. The van der Waals surface area contributed by atoms with E-state index in [1.54, 1.807) is 24.1 Å². The van der Waals surface area contributed by atoms with Gasteiger partial charge in [-0.2, -0.15) is 5.10 Å². The molecule has 0 amide bonds. The number of nitrogens with zero attached hydrogens (tertiary/aromatic N) is 6. The van der Waals surface area contributed by atoms with E-state index in [0.29, 0.717) is 23.3 Å². The topological polar surface area (TPSA) is 90.5 Å². The Labute approximate surface area is 120 Å². The number of nitrogens with one attached hydrogen (secondary N) is 1. The van der Waals surface area contributed by atoms with Crippen LogP contribution in [0.5, 0.6) is 0 Å². The van der Waals surface area contributed by atoms with Crippen LogP contribution >= 0.6 is 0 Å². The fourth-order valence-electron chi connectivity index (χ4n) is 2.06. The summed E-state index contributed by atoms with van der Waals surface area (Å²) in [5.41, 5.74) is 1.14. The maximum atomic E-state index is 12.3. The first kappa shape index (κ1) is 13.2. The van der Waals surface area contributed by atoms with E-state index in [0.717, 1.165) is 12.4 Å². The minimum Gasteiger partial charge on any atom is -0.369 e. The van der Waals surface area contributed by atoms with Gasteiger partial charge < -0.3 is 5.32 Å². The van der Waals surface area contributed by atoms with Gasteiger partial charge in [0.05, 0.1) is 30.8 Å². The Morgan fingerprint density at radius 3 is 2.76 bits per heavy atom. The van der Waals surface area contributed by atoms with Crippen LogP contribution in [0.3, 0.4) is 0 Å². The van der Waals surface area contributed by atoms with Gasteiger partial charge >= 0.3 is 0 Å². The lowest BCUT2D eigenvalue weighted by atomic mass is 10.4. The maximum Gasteiger partial charge on any atom is 0.264 e. The van der Waals surface area contributed by atoms with Crippen molar-refractivity contribution in [2.24, 2.45) is 7.05 Å². The molecular formula is C13H15N7O. The van der Waals surface area contributed by atoms with Gasteiger partial charge in [-0.25, -0.2) is 9.97 Å². The summed E-state index contributed by atoms with van der Waals surface area (Å²) < 4.78 is 3.08. The predicted octanol–water partition coefficient (Wildman–Crippen LogP) is 0.400. The molecule has 3 aromatic heterocycles. The first-order chi connectivity index (χ1) is 10.2. The minimum absolute atomic E-state index is 0.134. The number of rotatable bonds is 4. The van der Waals surface area contributed by atoms with Crippen LogP contribution in [0.15, 0.2) is 29.7 Å². The summed E-state index contributed by atoms with van der Waals surface area (Å²) in [5.74, 6) is 0.717. The van der Waals surface area contributed by atoms with Gasteiger partial charge in [0.1, 0.15) is 17.5 Å². The second-order valence-electron chi connectivity index (χ2n) is 4.61. The molecule has 0 saturated heterocycles. The van der Waals surface area contributed by atoms with E-state index >= 15 is 0 Å². The summed E-state index contributed by atoms with van der Waals surface area (Å²) in [6.45, 7) is 3.11. The number of anilines is 1. The molecule has 0 bridgehead atoms. The quantitative estimate of drug-likeness (QED) is 0.746. The normalized spacial score (nSPS) is 11.0. The number of aromatic nitrogens is 6. The monoisotopic (exact) mass is 285 g/mol. The highest BCUT2D eigenvalue weighted by Gasteiger charge is 2.08. The Morgan fingerprint density at radius 2 is 2.05 bits per heavy atom. The molecule has 108 valence electrons. The molecule has 8 nitrogen and oxygen atoms in total. The van der Waals surface area contributed by atoms with Crippen molar-refractivity contribution >= 4 is 16.9 Å². The summed E-state index contributed by atoms with van der Waals surface area (Å²) >= 11 is 0. The second-order valence-corrected chi connectivity index (χ2v) is 4.61. The van der Waals surface area contributed by atoms with Crippen molar-refractivity contribution in [1.29, 1.82) is 0 Å². The van der Waals surface area contributed by atoms with E-state index < -0.39 is 0 Å². The minimum atomic E-state index is -0.134. The first-order valence-electron chi connectivity index (χ1n) is 6.61. The van der Waals surface area contributed by atoms with Gasteiger partial charge in [-0.05, 0) is 6.92 Å². The third-order valence-electron chi connectivity index (χ3n) is 3.11. The molecular weight excluding hydrogens is 270 g/mol. The largest absolute Gasteiger partial charge is 0.369 e. The Kier molecular flexibility index (Phi) is 3.35. The van der Waals surface area contributed by atoms with Crippen LogP contribution in [-0.2, 0) is 13.6 Å². The van der Waals surface area contributed by atoms with E-state index in [1.165, 1.54) is 17.1 Å². The summed E-state index contributed by atoms with van der Waals surface area (Å²) in [4.78, 5) is 25.1. The Bertz CT molecular complexity index is 819. The number of hydrogen-bond acceptors (Lipinski definition) is 6. The molecule has 0 aromatic carbocycles. The van der Waals surface area contributed by atoms with E-state index in [4.69, 9.17) is 0 Å². The molecule has 0 fully saturated rings. The van der Waals surface area contributed by atoms with Crippen LogP contribution in [0.4, 0.5) is 5.82 Å². The molecule has 0 saturated carbocycles. The molecule has 0 aliphatic carbocycles. The van der Waals surface area contributed by atoms with Gasteiger partial charge in [-0.15, -0.1) is 0 Å². The molecule has 3 aromatic rings. The molecule has 3 heterocycles. The van der Waals surface area contributed by atoms with Crippen molar-refractivity contribution in [2.75, 3.05) is 11.9 Å². The molecule has 0 spiro atoms. The average Bonchev–Trinajstić information content (AvgIpc) is 2.86. The number of hydrogen-bond donors (Lipinski definition) is 1. The van der Waals surface area contributed by atoms with Crippen molar-refractivity contribution < 1.29 is 0 Å². The molecule has 0 aliphatic rings. The molecule has 21 heavy (non-hydrogen) atoms. The zero-order valence-electron chi connectivity index (χ0n) is 11.8. The van der Waals surface area contributed by atoms with Crippen molar-refractivity contribution in [1.82, 2.24) is 29.3 Å². The molecule has 0 unspecified atom stereocenters. The molecule has 3 rings (SSSR count). The standard InChI is InChI=1S/C13H15N7O/c1-3-14-11-6-15-9(4-16-11)7-20-8-17-12-10(13(20)21)5-18-19(12)2/h4-6,8H,3,7H2,1-2H3,(H,14,16). The van der Waals surface area contributed by atoms with E-state index in [2.05, 4.69) is 25.4 Å². The van der Waals surface area contributed by atoms with Crippen LogP contribution in [0, 0.1) is 0 Å². The summed E-state index contributed by atoms with van der Waals surface area (Å²) in [6, 6.07) is 0. The maximum absolute atomic E-state index is 12.3. The van der Waals surface area contributed by atoms with Crippen LogP contribution < -0.4 is 10.9 Å². The van der Waals surface area contributed by atoms with Gasteiger partial charge in [0, 0.05) is 13.6 Å². The van der Waals surface area contributed by atoms with Gasteiger partial charge in [-0.3, -0.25) is 19.0 Å². The Morgan fingerprint density at radius 1 is 1.19 bits per heavy atom. The molecule has 0 atom stereocenters. The Balaban J connectivity index is 1.91. The third-order valence-corrected chi connectivity index (χ3v) is 3.11. The third kappa shape index (κ3) is 2.47. The highest BCUT2D eigenvalue weighted by molar-refractivity contribution is 5.72. The van der Waals surface area contributed by atoms with E-state index in [1.807, 2.05) is 6.92 Å². The van der Waals surface area contributed by atoms with E-state index in [9.17, 15) is 4.79 Å². The smallest absolute Gasteiger partial charge is 0.264 e. The van der Waals surface area contributed by atoms with E-state index in [-0.39, 0.29) is 5.56 Å². The SMILES string of the molecule is CCNc1cnc(Cn2cnc3c(cnn3C)c2=O)cn1. The number of fused-ring (bicyclic) bond motifs is 1. The van der Waals surface area contributed by atoms with Gasteiger partial charge in [0.15, 0.2) is 5.65 Å². The fourth-order valence-corrected chi connectivity index (χ4v) is 2.06. The lowest BCUT2D eigenvalue weighted by molar-refractivity contribution is 0.719. The average molecular weight is 285 g/mol. The summed E-state index contributed by atoms with van der Waals surface area (Å²) in [7, 11) is 1.75. The van der Waals surface area contributed by atoms with Crippen molar-refractivity contribution in [2.45, 2.75) is 13.5 Å². The fraction of sp³-hybridized carbons (Fsp3) is 0.308. The lowest BCUT2D eigenvalue weighted by Crippen LogP contribution is -2.21. The van der Waals surface area contributed by atoms with Gasteiger partial charge in [0.25, 0.3) is 5.56 Å². The van der Waals surface area contributed by atoms with Crippen molar-refractivity contribution in [3.05, 3.63) is 41.0 Å². The molecule has 1 N–H and O–H groups in total. The highest BCUT2D eigenvalue weighted by Crippen LogP contribution is 2.05. The molecule has 0 radical (unpaired) electrons. The summed E-state index contributed by atoms with van der Waals surface area (Å²) in [5, 5.41) is 7.61. The van der Waals surface area contributed by atoms with Crippen LogP contribution in [0.2, 0.25) is 0 Å². The molecule has 0 aliphatic heterocycles. The second kappa shape index (κ2) is 5.31. The van der Waals surface area contributed by atoms with Crippen molar-refractivity contribution in [3.8, 4) is 0 Å². The van der Waals surface area contributed by atoms with Crippen LogP contribution in [0.1, 0.15) is 12.6 Å². The van der Waals surface area contributed by atoms with Crippen molar-refractivity contribution in [3.63, 3.8) is 0 Å². The van der Waals surface area contributed by atoms with Crippen LogP contribution in [0.25, 0.3) is 11.0 Å². The zero-order chi connectivity index (χ0) is 14.8. The predicted molar refractivity (Wildman–Crippen MR) is 78.1 cm³/mol. The highest BCUT2D eigenvalue weighted by atomic mass is 16.1. The number of aryl methyl sites for hydroxylation is 1. The molecule has 8 heteroatoms. The Hall–Kier alpha value is -2.77. The summed E-state index contributed by atoms with van der Waals surface area (Å²) in [6.07, 6.45) is 6.34. The van der Waals surface area contributed by atoms with Crippen LogP contribution in [-0.4, -0.2) is 35.8 Å². The van der Waals surface area contributed by atoms with Gasteiger partial charge in [-0.1, -0.05) is 0 Å². The van der Waals surface area contributed by atoms with Gasteiger partial charge in [0.2, 0.25) is 0 Å². The lowest BCUT2D eigenvalue weighted by Gasteiger charge is -2.06. The first-order valence-corrected chi connectivity index (χ1v) is 6.61.